The maximum atomic E-state index is 12.4. The van der Waals surface area contributed by atoms with Crippen LogP contribution in [-0.4, -0.2) is 25.5 Å². The Balaban J connectivity index is 3.34. The van der Waals surface area contributed by atoms with Crippen LogP contribution in [0.5, 0.6) is 0 Å². The number of carboxylic acids is 1. The van der Waals surface area contributed by atoms with Gasteiger partial charge in [0.15, 0.2) is 0 Å². The Bertz CT molecular complexity index is 609. The quantitative estimate of drug-likeness (QED) is 0.813. The van der Waals surface area contributed by atoms with E-state index in [2.05, 4.69) is 20.7 Å². The molecule has 20 heavy (non-hydrogen) atoms. The number of benzene rings is 1. The lowest BCUT2D eigenvalue weighted by Gasteiger charge is -2.17. The van der Waals surface area contributed by atoms with Gasteiger partial charge in [0.25, 0.3) is 0 Å². The van der Waals surface area contributed by atoms with Gasteiger partial charge in [-0.2, -0.15) is 0 Å². The lowest BCUT2D eigenvalue weighted by molar-refractivity contribution is 0.0696. The van der Waals surface area contributed by atoms with Crippen LogP contribution in [0, 0.1) is 6.92 Å². The van der Waals surface area contributed by atoms with Gasteiger partial charge in [0.05, 0.1) is 10.5 Å². The molecule has 0 fully saturated rings. The fourth-order valence-corrected chi connectivity index (χ4v) is 4.24. The molecule has 0 heterocycles. The molecule has 1 aromatic rings. The molecule has 0 amide bonds. The van der Waals surface area contributed by atoms with Gasteiger partial charge in [0.1, 0.15) is 0 Å². The minimum absolute atomic E-state index is 0.0400. The van der Waals surface area contributed by atoms with E-state index in [1.165, 1.54) is 12.1 Å². The van der Waals surface area contributed by atoms with Gasteiger partial charge in [-0.1, -0.05) is 13.8 Å². The fourth-order valence-electron chi connectivity index (χ4n) is 1.79. The predicted octanol–water partition coefficient (Wildman–Crippen LogP) is 2.92. The van der Waals surface area contributed by atoms with E-state index in [1.54, 1.807) is 6.92 Å². The summed E-state index contributed by atoms with van der Waals surface area (Å²) in [4.78, 5) is 11.0. The zero-order chi connectivity index (χ0) is 15.5. The van der Waals surface area contributed by atoms with Crippen molar-refractivity contribution in [2.24, 2.45) is 0 Å². The van der Waals surface area contributed by atoms with Crippen LogP contribution in [-0.2, 0) is 10.0 Å². The van der Waals surface area contributed by atoms with Gasteiger partial charge in [-0.25, -0.2) is 17.9 Å². The minimum Gasteiger partial charge on any atom is -0.478 e. The lowest BCUT2D eigenvalue weighted by atomic mass is 10.1. The van der Waals surface area contributed by atoms with Crippen LogP contribution in [0.3, 0.4) is 0 Å². The summed E-state index contributed by atoms with van der Waals surface area (Å²) >= 11 is 3.22. The molecule has 0 saturated carbocycles. The molecule has 5 nitrogen and oxygen atoms in total. The monoisotopic (exact) mass is 363 g/mol. The highest BCUT2D eigenvalue weighted by Crippen LogP contribution is 2.27. The van der Waals surface area contributed by atoms with Gasteiger partial charge >= 0.3 is 5.97 Å². The average Bonchev–Trinajstić information content (AvgIpc) is 2.38. The van der Waals surface area contributed by atoms with Crippen molar-refractivity contribution in [1.29, 1.82) is 0 Å². The van der Waals surface area contributed by atoms with Crippen LogP contribution in [0.15, 0.2) is 21.5 Å². The van der Waals surface area contributed by atoms with E-state index in [-0.39, 0.29) is 16.5 Å². The Labute approximate surface area is 127 Å². The molecule has 0 saturated heterocycles. The second kappa shape index (κ2) is 6.69. The first-order chi connectivity index (χ1) is 9.22. The fraction of sp³-hybridized carbons (Fsp3) is 0.462. The molecule has 0 atom stereocenters. The summed E-state index contributed by atoms with van der Waals surface area (Å²) in [6.07, 6.45) is 1.34. The van der Waals surface area contributed by atoms with Gasteiger partial charge in [-0.3, -0.25) is 0 Å². The zero-order valence-electron chi connectivity index (χ0n) is 11.6. The number of halogens is 1. The van der Waals surface area contributed by atoms with Gasteiger partial charge in [-0.15, -0.1) is 0 Å². The van der Waals surface area contributed by atoms with E-state index in [9.17, 15) is 13.2 Å². The van der Waals surface area contributed by atoms with Crippen LogP contribution in [0.1, 0.15) is 42.6 Å². The minimum atomic E-state index is -3.75. The van der Waals surface area contributed by atoms with E-state index < -0.39 is 16.0 Å². The first-order valence-corrected chi connectivity index (χ1v) is 8.56. The molecule has 0 aliphatic heterocycles. The summed E-state index contributed by atoms with van der Waals surface area (Å²) in [6.45, 7) is 5.45. The zero-order valence-corrected chi connectivity index (χ0v) is 14.0. The number of rotatable bonds is 6. The van der Waals surface area contributed by atoms with Crippen LogP contribution in [0.4, 0.5) is 0 Å². The molecule has 2 N–H and O–H groups in total. The molecule has 0 spiro atoms. The van der Waals surface area contributed by atoms with Gasteiger partial charge in [0.2, 0.25) is 10.0 Å². The molecule has 7 heteroatoms. The Hall–Kier alpha value is -0.920. The van der Waals surface area contributed by atoms with Gasteiger partial charge in [0, 0.05) is 10.5 Å². The van der Waals surface area contributed by atoms with Gasteiger partial charge in [-0.05, 0) is 53.4 Å². The summed E-state index contributed by atoms with van der Waals surface area (Å²) in [7, 11) is -3.75. The SMILES string of the molecule is CCC(CC)NS(=O)(=O)c1cc(C(=O)O)cc(C)c1Br. The van der Waals surface area contributed by atoms with Crippen molar-refractivity contribution >= 4 is 31.9 Å². The second-order valence-corrected chi connectivity index (χ2v) is 7.02. The summed E-state index contributed by atoms with van der Waals surface area (Å²) in [5, 5.41) is 9.03. The first-order valence-electron chi connectivity index (χ1n) is 6.28. The number of sulfonamides is 1. The van der Waals surface area contributed by atoms with E-state index in [0.29, 0.717) is 22.9 Å². The highest BCUT2D eigenvalue weighted by atomic mass is 79.9. The Morgan fingerprint density at radius 1 is 1.35 bits per heavy atom. The Kier molecular flexibility index (Phi) is 5.73. The average molecular weight is 364 g/mol. The summed E-state index contributed by atoms with van der Waals surface area (Å²) < 4.78 is 27.7. The van der Waals surface area contributed by atoms with Crippen molar-refractivity contribution < 1.29 is 18.3 Å². The van der Waals surface area contributed by atoms with Crippen LogP contribution in [0.25, 0.3) is 0 Å². The van der Waals surface area contributed by atoms with Crippen LogP contribution in [0.2, 0.25) is 0 Å². The van der Waals surface area contributed by atoms with Crippen LogP contribution >= 0.6 is 15.9 Å². The standard InChI is InChI=1S/C13H18BrNO4S/c1-4-10(5-2)15-20(18,19)11-7-9(13(16)17)6-8(3)12(11)14/h6-7,10,15H,4-5H2,1-3H3,(H,16,17). The van der Waals surface area contributed by atoms with Crippen molar-refractivity contribution in [2.75, 3.05) is 0 Å². The molecular formula is C13H18BrNO4S. The molecule has 1 aromatic carbocycles. The number of carboxylic acid groups (broad SMARTS) is 1. The molecule has 0 aromatic heterocycles. The van der Waals surface area contributed by atoms with Crippen molar-refractivity contribution in [3.8, 4) is 0 Å². The number of hydrogen-bond donors (Lipinski definition) is 2. The molecular weight excluding hydrogens is 346 g/mol. The lowest BCUT2D eigenvalue weighted by Crippen LogP contribution is -2.34. The molecule has 112 valence electrons. The highest BCUT2D eigenvalue weighted by molar-refractivity contribution is 9.10. The highest BCUT2D eigenvalue weighted by Gasteiger charge is 2.23. The number of hydrogen-bond acceptors (Lipinski definition) is 3. The second-order valence-electron chi connectivity index (χ2n) is 4.55. The van der Waals surface area contributed by atoms with Crippen molar-refractivity contribution in [1.82, 2.24) is 4.72 Å². The maximum absolute atomic E-state index is 12.4. The van der Waals surface area contributed by atoms with Crippen molar-refractivity contribution in [3.63, 3.8) is 0 Å². The van der Waals surface area contributed by atoms with E-state index in [4.69, 9.17) is 5.11 Å². The maximum Gasteiger partial charge on any atom is 0.335 e. The third kappa shape index (κ3) is 3.80. The Morgan fingerprint density at radius 3 is 2.35 bits per heavy atom. The summed E-state index contributed by atoms with van der Waals surface area (Å²) in [6, 6.07) is 2.44. The number of aryl methyl sites for hydroxylation is 1. The molecule has 1 rings (SSSR count). The van der Waals surface area contributed by atoms with Crippen molar-refractivity contribution in [3.05, 3.63) is 27.7 Å². The van der Waals surface area contributed by atoms with E-state index in [1.807, 2.05) is 13.8 Å². The molecule has 0 aliphatic carbocycles. The normalized spacial score (nSPS) is 11.8. The molecule has 0 unspecified atom stereocenters. The molecule has 0 bridgehead atoms. The Morgan fingerprint density at radius 2 is 1.90 bits per heavy atom. The number of carbonyl (C=O) groups is 1. The number of aromatic carboxylic acids is 1. The molecule has 0 aliphatic rings. The van der Waals surface area contributed by atoms with E-state index >= 15 is 0 Å². The third-order valence-electron chi connectivity index (χ3n) is 3.07. The van der Waals surface area contributed by atoms with Crippen LogP contribution < -0.4 is 4.72 Å². The predicted molar refractivity (Wildman–Crippen MR) is 80.5 cm³/mol. The summed E-state index contributed by atoms with van der Waals surface area (Å²) in [5.74, 6) is -1.15. The molecule has 0 radical (unpaired) electrons. The topological polar surface area (TPSA) is 83.5 Å². The van der Waals surface area contributed by atoms with Gasteiger partial charge < -0.3 is 5.11 Å². The third-order valence-corrected chi connectivity index (χ3v) is 5.92. The number of nitrogens with one attached hydrogen (secondary N) is 1. The smallest absolute Gasteiger partial charge is 0.335 e. The largest absolute Gasteiger partial charge is 0.478 e. The summed E-state index contributed by atoms with van der Waals surface area (Å²) in [5.41, 5.74) is 0.519. The first kappa shape index (κ1) is 17.1. The van der Waals surface area contributed by atoms with Crippen molar-refractivity contribution in [2.45, 2.75) is 44.6 Å². The van der Waals surface area contributed by atoms with E-state index in [0.717, 1.165) is 0 Å².